The van der Waals surface area contributed by atoms with Crippen LogP contribution in [0, 0.1) is 0 Å². The van der Waals surface area contributed by atoms with Crippen LogP contribution in [0.2, 0.25) is 0 Å². The molecule has 19 heavy (non-hydrogen) atoms. The lowest BCUT2D eigenvalue weighted by molar-refractivity contribution is 0.263. The van der Waals surface area contributed by atoms with E-state index >= 15 is 0 Å². The number of likely N-dealkylation sites (tertiary alicyclic amines) is 1. The van der Waals surface area contributed by atoms with Gasteiger partial charge in [0.2, 0.25) is 0 Å². The number of rotatable bonds is 7. The molecule has 0 aromatic heterocycles. The van der Waals surface area contributed by atoms with Crippen molar-refractivity contribution in [1.82, 2.24) is 10.2 Å². The van der Waals surface area contributed by atoms with Crippen LogP contribution in [0.4, 0.5) is 0 Å². The fraction of sp³-hybridized carbons (Fsp3) is 0.625. The van der Waals surface area contributed by atoms with Crippen molar-refractivity contribution in [2.75, 3.05) is 33.3 Å². The monoisotopic (exact) mass is 262 g/mol. The van der Waals surface area contributed by atoms with Crippen LogP contribution < -0.4 is 10.1 Å². The summed E-state index contributed by atoms with van der Waals surface area (Å²) in [5.41, 5.74) is 1.28. The Hall–Kier alpha value is -1.06. The normalized spacial score (nSPS) is 17.6. The first-order valence-corrected chi connectivity index (χ1v) is 7.42. The van der Waals surface area contributed by atoms with Gasteiger partial charge in [-0.05, 0) is 64.0 Å². The van der Waals surface area contributed by atoms with Crippen LogP contribution in [0.25, 0.3) is 0 Å². The second-order valence-corrected chi connectivity index (χ2v) is 5.33. The van der Waals surface area contributed by atoms with E-state index in [1.165, 1.54) is 38.0 Å². The molecule has 1 fully saturated rings. The highest BCUT2D eigenvalue weighted by Crippen LogP contribution is 2.19. The van der Waals surface area contributed by atoms with E-state index in [0.29, 0.717) is 6.04 Å². The molecule has 0 saturated carbocycles. The fourth-order valence-electron chi connectivity index (χ4n) is 2.52. The van der Waals surface area contributed by atoms with Gasteiger partial charge in [0.25, 0.3) is 0 Å². The molecule has 3 heteroatoms. The maximum Gasteiger partial charge on any atom is 0.119 e. The minimum Gasteiger partial charge on any atom is -0.494 e. The van der Waals surface area contributed by atoms with E-state index < -0.39 is 0 Å². The Bertz CT molecular complexity index is 375. The van der Waals surface area contributed by atoms with Crippen molar-refractivity contribution in [3.8, 4) is 5.75 Å². The number of hydrogen-bond acceptors (Lipinski definition) is 3. The maximum absolute atomic E-state index is 5.85. The van der Waals surface area contributed by atoms with Crippen LogP contribution in [-0.2, 0) is 0 Å². The van der Waals surface area contributed by atoms with Gasteiger partial charge >= 0.3 is 0 Å². The lowest BCUT2D eigenvalue weighted by Gasteiger charge is -2.15. The van der Waals surface area contributed by atoms with Gasteiger partial charge in [-0.3, -0.25) is 0 Å². The molecule has 0 amide bonds. The second-order valence-electron chi connectivity index (χ2n) is 5.33. The lowest BCUT2D eigenvalue weighted by Crippen LogP contribution is -2.21. The summed E-state index contributed by atoms with van der Waals surface area (Å²) in [6.45, 7) is 6.69. The Labute approximate surface area is 116 Å². The summed E-state index contributed by atoms with van der Waals surface area (Å²) in [6, 6.07) is 8.75. The third-order valence-corrected chi connectivity index (χ3v) is 3.88. The van der Waals surface area contributed by atoms with Gasteiger partial charge in [-0.1, -0.05) is 12.1 Å². The molecule has 1 aliphatic heterocycles. The Morgan fingerprint density at radius 1 is 1.32 bits per heavy atom. The van der Waals surface area contributed by atoms with Crippen LogP contribution in [0.1, 0.15) is 37.8 Å². The molecule has 0 aliphatic carbocycles. The molecule has 0 spiro atoms. The molecule has 1 atom stereocenters. The summed E-state index contributed by atoms with van der Waals surface area (Å²) in [5.74, 6) is 0.987. The minimum atomic E-state index is 0.369. The zero-order valence-electron chi connectivity index (χ0n) is 12.2. The van der Waals surface area contributed by atoms with E-state index in [1.54, 1.807) is 0 Å². The fourth-order valence-corrected chi connectivity index (χ4v) is 2.52. The van der Waals surface area contributed by atoms with Gasteiger partial charge < -0.3 is 15.0 Å². The van der Waals surface area contributed by atoms with Crippen molar-refractivity contribution >= 4 is 0 Å². The molecule has 2 rings (SSSR count). The minimum absolute atomic E-state index is 0.369. The molecule has 1 unspecified atom stereocenters. The Morgan fingerprint density at radius 3 is 2.84 bits per heavy atom. The average Bonchev–Trinajstić information content (AvgIpc) is 2.96. The van der Waals surface area contributed by atoms with E-state index in [-0.39, 0.29) is 0 Å². The third kappa shape index (κ3) is 4.51. The summed E-state index contributed by atoms with van der Waals surface area (Å²) in [6.07, 6.45) is 3.85. The average molecular weight is 262 g/mol. The molecule has 3 nitrogen and oxygen atoms in total. The number of nitrogens with one attached hydrogen (secondary N) is 1. The van der Waals surface area contributed by atoms with Crippen LogP contribution in [0.15, 0.2) is 24.3 Å². The van der Waals surface area contributed by atoms with E-state index in [4.69, 9.17) is 4.74 Å². The first kappa shape index (κ1) is 14.4. The molecular formula is C16H26N2O. The predicted molar refractivity (Wildman–Crippen MR) is 79.7 cm³/mol. The van der Waals surface area contributed by atoms with Gasteiger partial charge in [0.15, 0.2) is 0 Å². The van der Waals surface area contributed by atoms with Crippen molar-refractivity contribution in [2.45, 2.75) is 32.2 Å². The van der Waals surface area contributed by atoms with Crippen molar-refractivity contribution in [2.24, 2.45) is 0 Å². The molecule has 1 heterocycles. The standard InChI is InChI=1S/C16H26N2O/c1-14(17-2)15-7-5-8-16(13-15)19-12-6-11-18-9-3-4-10-18/h5,7-8,13-14,17H,3-4,6,9-12H2,1-2H3. The van der Waals surface area contributed by atoms with Gasteiger partial charge in [-0.2, -0.15) is 0 Å². The highest BCUT2D eigenvalue weighted by molar-refractivity contribution is 5.30. The maximum atomic E-state index is 5.85. The highest BCUT2D eigenvalue weighted by Gasteiger charge is 2.10. The van der Waals surface area contributed by atoms with Crippen molar-refractivity contribution in [3.63, 3.8) is 0 Å². The highest BCUT2D eigenvalue weighted by atomic mass is 16.5. The van der Waals surface area contributed by atoms with Gasteiger partial charge in [0, 0.05) is 12.6 Å². The van der Waals surface area contributed by atoms with Crippen LogP contribution in [-0.4, -0.2) is 38.2 Å². The zero-order chi connectivity index (χ0) is 13.5. The third-order valence-electron chi connectivity index (χ3n) is 3.88. The lowest BCUT2D eigenvalue weighted by atomic mass is 10.1. The summed E-state index contributed by atoms with van der Waals surface area (Å²) >= 11 is 0. The van der Waals surface area contributed by atoms with Crippen molar-refractivity contribution < 1.29 is 4.74 Å². The van der Waals surface area contributed by atoms with Gasteiger partial charge in [0.1, 0.15) is 5.75 Å². The molecule has 1 N–H and O–H groups in total. The summed E-state index contributed by atoms with van der Waals surface area (Å²) in [7, 11) is 1.98. The number of nitrogens with zero attached hydrogens (tertiary/aromatic N) is 1. The van der Waals surface area contributed by atoms with Crippen LogP contribution in [0.5, 0.6) is 5.75 Å². The van der Waals surface area contributed by atoms with E-state index in [2.05, 4.69) is 35.3 Å². The van der Waals surface area contributed by atoms with Gasteiger partial charge in [0.05, 0.1) is 6.61 Å². The molecule has 106 valence electrons. The molecule has 1 aliphatic rings. The van der Waals surface area contributed by atoms with Crippen LogP contribution in [0.3, 0.4) is 0 Å². The van der Waals surface area contributed by atoms with Gasteiger partial charge in [-0.25, -0.2) is 0 Å². The molecular weight excluding hydrogens is 236 g/mol. The van der Waals surface area contributed by atoms with Gasteiger partial charge in [-0.15, -0.1) is 0 Å². The smallest absolute Gasteiger partial charge is 0.119 e. The number of benzene rings is 1. The first-order chi connectivity index (χ1) is 9.29. The van der Waals surface area contributed by atoms with Crippen LogP contribution >= 0.6 is 0 Å². The number of hydrogen-bond donors (Lipinski definition) is 1. The Balaban J connectivity index is 1.72. The first-order valence-electron chi connectivity index (χ1n) is 7.42. The summed E-state index contributed by atoms with van der Waals surface area (Å²) < 4.78 is 5.85. The van der Waals surface area contributed by atoms with E-state index in [0.717, 1.165) is 18.8 Å². The quantitative estimate of drug-likeness (QED) is 0.765. The largest absolute Gasteiger partial charge is 0.494 e. The molecule has 0 radical (unpaired) electrons. The molecule has 0 bridgehead atoms. The Kier molecular flexibility index (Phi) is 5.67. The molecule has 1 saturated heterocycles. The van der Waals surface area contributed by atoms with Crippen molar-refractivity contribution in [1.29, 1.82) is 0 Å². The summed E-state index contributed by atoms with van der Waals surface area (Å²) in [4.78, 5) is 2.53. The van der Waals surface area contributed by atoms with E-state index in [9.17, 15) is 0 Å². The SMILES string of the molecule is CNC(C)c1cccc(OCCCN2CCCC2)c1. The summed E-state index contributed by atoms with van der Waals surface area (Å²) in [5, 5.41) is 3.25. The number of ether oxygens (including phenoxy) is 1. The second kappa shape index (κ2) is 7.51. The van der Waals surface area contributed by atoms with Crippen molar-refractivity contribution in [3.05, 3.63) is 29.8 Å². The molecule has 1 aromatic carbocycles. The molecule has 1 aromatic rings. The van der Waals surface area contributed by atoms with E-state index in [1.807, 2.05) is 13.1 Å². The predicted octanol–water partition coefficient (Wildman–Crippen LogP) is 2.83. The Morgan fingerprint density at radius 2 is 2.11 bits per heavy atom. The zero-order valence-corrected chi connectivity index (χ0v) is 12.2. The topological polar surface area (TPSA) is 24.5 Å².